The summed E-state index contributed by atoms with van der Waals surface area (Å²) in [4.78, 5) is 2.26. The van der Waals surface area contributed by atoms with E-state index in [2.05, 4.69) is 45.0 Å². The van der Waals surface area contributed by atoms with Gasteiger partial charge in [-0.05, 0) is 44.7 Å². The van der Waals surface area contributed by atoms with Crippen molar-refractivity contribution in [1.29, 1.82) is 0 Å². The maximum absolute atomic E-state index is 9.46. The number of rotatable bonds is 10. The van der Waals surface area contributed by atoms with Gasteiger partial charge in [0.15, 0.2) is 0 Å². The Labute approximate surface area is 114 Å². The second-order valence-electron chi connectivity index (χ2n) is 6.28. The molecule has 0 aromatic heterocycles. The largest absolute Gasteiger partial charge is 0.392 e. The zero-order valence-electron chi connectivity index (χ0n) is 13.3. The van der Waals surface area contributed by atoms with Crippen molar-refractivity contribution in [3.63, 3.8) is 0 Å². The van der Waals surface area contributed by atoms with Gasteiger partial charge in [-0.15, -0.1) is 0 Å². The molecule has 0 aromatic rings. The van der Waals surface area contributed by atoms with E-state index in [0.29, 0.717) is 11.3 Å². The molecule has 18 heavy (non-hydrogen) atoms. The molecule has 1 unspecified atom stereocenters. The van der Waals surface area contributed by atoms with Crippen LogP contribution >= 0.6 is 0 Å². The number of likely N-dealkylation sites (N-methyl/N-ethyl adjacent to an activating group) is 1. The summed E-state index contributed by atoms with van der Waals surface area (Å²) in [5.41, 5.74) is 0.332. The van der Waals surface area contributed by atoms with Gasteiger partial charge in [0, 0.05) is 19.6 Å². The second kappa shape index (κ2) is 8.89. The quantitative estimate of drug-likeness (QED) is 0.631. The van der Waals surface area contributed by atoms with Crippen molar-refractivity contribution in [3.05, 3.63) is 0 Å². The molecule has 0 aromatic carbocycles. The number of aliphatic hydroxyl groups excluding tert-OH is 1. The lowest BCUT2D eigenvalue weighted by Gasteiger charge is -2.36. The highest BCUT2D eigenvalue weighted by molar-refractivity contribution is 4.82. The van der Waals surface area contributed by atoms with Gasteiger partial charge in [-0.3, -0.25) is 0 Å². The molecule has 0 amide bonds. The van der Waals surface area contributed by atoms with E-state index in [0.717, 1.165) is 26.2 Å². The molecule has 0 aliphatic heterocycles. The summed E-state index contributed by atoms with van der Waals surface area (Å²) >= 11 is 0. The normalized spacial score (nSPS) is 14.5. The first-order valence-corrected chi connectivity index (χ1v) is 7.42. The zero-order valence-corrected chi connectivity index (χ0v) is 13.3. The third-order valence-electron chi connectivity index (χ3n) is 3.73. The fraction of sp³-hybridized carbons (Fsp3) is 1.00. The number of aliphatic hydroxyl groups is 1. The van der Waals surface area contributed by atoms with Gasteiger partial charge in [-0.1, -0.05) is 27.7 Å². The Kier molecular flexibility index (Phi) is 8.83. The lowest BCUT2D eigenvalue weighted by atomic mass is 9.81. The van der Waals surface area contributed by atoms with Crippen molar-refractivity contribution in [2.24, 2.45) is 11.3 Å². The van der Waals surface area contributed by atoms with Crippen LogP contribution in [0.5, 0.6) is 0 Å². The summed E-state index contributed by atoms with van der Waals surface area (Å²) in [6, 6.07) is 0. The van der Waals surface area contributed by atoms with E-state index in [-0.39, 0.29) is 6.10 Å². The molecule has 110 valence electrons. The van der Waals surface area contributed by atoms with Crippen molar-refractivity contribution >= 4 is 0 Å². The van der Waals surface area contributed by atoms with Crippen molar-refractivity contribution in [2.45, 2.75) is 53.6 Å². The monoisotopic (exact) mass is 258 g/mol. The number of nitrogens with one attached hydrogen (secondary N) is 1. The molecule has 0 bridgehead atoms. The average Bonchev–Trinajstić information content (AvgIpc) is 2.26. The lowest BCUT2D eigenvalue weighted by molar-refractivity contribution is 0.0983. The summed E-state index contributed by atoms with van der Waals surface area (Å²) in [5, 5.41) is 13.1. The molecule has 0 saturated carbocycles. The van der Waals surface area contributed by atoms with Crippen LogP contribution in [0.3, 0.4) is 0 Å². The third kappa shape index (κ3) is 7.34. The summed E-state index contributed by atoms with van der Waals surface area (Å²) in [7, 11) is 2.11. The summed E-state index contributed by atoms with van der Waals surface area (Å²) in [5.74, 6) is 0.701. The predicted molar refractivity (Wildman–Crippen MR) is 79.9 cm³/mol. The van der Waals surface area contributed by atoms with Crippen LogP contribution in [0.25, 0.3) is 0 Å². The molecule has 0 aliphatic rings. The fourth-order valence-electron chi connectivity index (χ4n) is 2.49. The van der Waals surface area contributed by atoms with Crippen LogP contribution in [0.2, 0.25) is 0 Å². The minimum atomic E-state index is -0.245. The van der Waals surface area contributed by atoms with Crippen LogP contribution < -0.4 is 5.32 Å². The molecule has 0 radical (unpaired) electrons. The first-order chi connectivity index (χ1) is 8.35. The van der Waals surface area contributed by atoms with Crippen LogP contribution in [0, 0.1) is 11.3 Å². The Hall–Kier alpha value is -0.120. The molecule has 0 rings (SSSR count). The summed E-state index contributed by atoms with van der Waals surface area (Å²) < 4.78 is 0. The van der Waals surface area contributed by atoms with E-state index in [9.17, 15) is 5.11 Å². The van der Waals surface area contributed by atoms with Crippen molar-refractivity contribution in [2.75, 3.05) is 33.2 Å². The van der Waals surface area contributed by atoms with Crippen LogP contribution in [0.4, 0.5) is 0 Å². The van der Waals surface area contributed by atoms with Crippen LogP contribution in [-0.2, 0) is 0 Å². The summed E-state index contributed by atoms with van der Waals surface area (Å²) in [6.07, 6.45) is 2.11. The minimum Gasteiger partial charge on any atom is -0.392 e. The fourth-order valence-corrected chi connectivity index (χ4v) is 2.49. The van der Waals surface area contributed by atoms with Crippen molar-refractivity contribution in [3.8, 4) is 0 Å². The molecule has 0 spiro atoms. The van der Waals surface area contributed by atoms with E-state index >= 15 is 0 Å². The molecule has 0 heterocycles. The molecule has 1 atom stereocenters. The number of nitrogens with zero attached hydrogens (tertiary/aromatic N) is 1. The van der Waals surface area contributed by atoms with E-state index in [1.54, 1.807) is 0 Å². The molecule has 0 saturated heterocycles. The Bertz CT molecular complexity index is 201. The van der Waals surface area contributed by atoms with Crippen molar-refractivity contribution in [1.82, 2.24) is 10.2 Å². The van der Waals surface area contributed by atoms with Gasteiger partial charge >= 0.3 is 0 Å². The predicted octanol–water partition coefficient (Wildman–Crippen LogP) is 2.35. The Morgan fingerprint density at radius 3 is 2.11 bits per heavy atom. The smallest absolute Gasteiger partial charge is 0.0638 e. The van der Waals surface area contributed by atoms with Crippen LogP contribution in [0.1, 0.15) is 47.5 Å². The third-order valence-corrected chi connectivity index (χ3v) is 3.73. The molecule has 0 fully saturated rings. The minimum absolute atomic E-state index is 0.245. The van der Waals surface area contributed by atoms with E-state index in [1.807, 2.05) is 6.92 Å². The molecule has 2 N–H and O–H groups in total. The molecular weight excluding hydrogens is 224 g/mol. The van der Waals surface area contributed by atoms with Gasteiger partial charge in [0.05, 0.1) is 6.10 Å². The highest BCUT2D eigenvalue weighted by Crippen LogP contribution is 2.26. The van der Waals surface area contributed by atoms with E-state index < -0.39 is 0 Å². The topological polar surface area (TPSA) is 35.5 Å². The van der Waals surface area contributed by atoms with Gasteiger partial charge in [-0.25, -0.2) is 0 Å². The first-order valence-electron chi connectivity index (χ1n) is 7.42. The van der Waals surface area contributed by atoms with Gasteiger partial charge in [-0.2, -0.15) is 0 Å². The zero-order chi connectivity index (χ0) is 14.2. The van der Waals surface area contributed by atoms with Crippen molar-refractivity contribution < 1.29 is 5.11 Å². The lowest BCUT2D eigenvalue weighted by Crippen LogP contribution is -2.44. The van der Waals surface area contributed by atoms with Crippen LogP contribution in [-0.4, -0.2) is 49.3 Å². The highest BCUT2D eigenvalue weighted by atomic mass is 16.3. The first kappa shape index (κ1) is 17.9. The number of hydrogen-bond donors (Lipinski definition) is 2. The maximum Gasteiger partial charge on any atom is 0.0638 e. The highest BCUT2D eigenvalue weighted by Gasteiger charge is 2.27. The molecule has 0 aliphatic carbocycles. The SMILES string of the molecule is CCC(CC)(CNCC(C)C)CN(C)CC(C)O. The Balaban J connectivity index is 4.31. The maximum atomic E-state index is 9.46. The van der Waals surface area contributed by atoms with E-state index in [1.165, 1.54) is 12.8 Å². The molecular formula is C15H34N2O. The van der Waals surface area contributed by atoms with E-state index in [4.69, 9.17) is 0 Å². The van der Waals surface area contributed by atoms with Gasteiger partial charge in [0.2, 0.25) is 0 Å². The average molecular weight is 258 g/mol. The molecule has 3 heteroatoms. The Morgan fingerprint density at radius 2 is 1.72 bits per heavy atom. The van der Waals surface area contributed by atoms with Crippen LogP contribution in [0.15, 0.2) is 0 Å². The van der Waals surface area contributed by atoms with Gasteiger partial charge in [0.25, 0.3) is 0 Å². The van der Waals surface area contributed by atoms with Gasteiger partial charge < -0.3 is 15.3 Å². The Morgan fingerprint density at radius 1 is 1.17 bits per heavy atom. The second-order valence-corrected chi connectivity index (χ2v) is 6.28. The number of hydrogen-bond acceptors (Lipinski definition) is 3. The molecule has 3 nitrogen and oxygen atoms in total. The van der Waals surface area contributed by atoms with Gasteiger partial charge in [0.1, 0.15) is 0 Å². The standard InChI is InChI=1S/C15H34N2O/c1-7-15(8-2,11-16-9-13(3)4)12-17(6)10-14(5)18/h13-14,16,18H,7-12H2,1-6H3. The summed E-state index contributed by atoms with van der Waals surface area (Å²) in [6.45, 7) is 14.9.